The first kappa shape index (κ1) is 14.8. The lowest BCUT2D eigenvalue weighted by Gasteiger charge is -2.07. The second-order valence-electron chi connectivity index (χ2n) is 4.71. The zero-order chi connectivity index (χ0) is 15.2. The van der Waals surface area contributed by atoms with Gasteiger partial charge in [0.15, 0.2) is 0 Å². The monoisotopic (exact) mass is 283 g/mol. The van der Waals surface area contributed by atoms with Crippen LogP contribution >= 0.6 is 0 Å². The minimum absolute atomic E-state index is 0.196. The van der Waals surface area contributed by atoms with Crippen molar-refractivity contribution in [1.82, 2.24) is 15.5 Å². The maximum Gasteiger partial charge on any atom is 0.252 e. The summed E-state index contributed by atoms with van der Waals surface area (Å²) in [4.78, 5) is 12.3. The topological polar surface area (TPSA) is 78.0 Å². The quantitative estimate of drug-likeness (QED) is 0.743. The van der Waals surface area contributed by atoms with E-state index in [1.165, 1.54) is 0 Å². The summed E-state index contributed by atoms with van der Waals surface area (Å²) in [5.74, 6) is 5.19. The summed E-state index contributed by atoms with van der Waals surface area (Å²) < 4.78 is 0. The van der Waals surface area contributed by atoms with Gasteiger partial charge in [-0.1, -0.05) is 17.9 Å². The lowest BCUT2D eigenvalue weighted by Crippen LogP contribution is -2.23. The van der Waals surface area contributed by atoms with Crippen LogP contribution in [0.2, 0.25) is 0 Å². The lowest BCUT2D eigenvalue weighted by molar-refractivity contribution is 0.0950. The number of carbonyl (C=O) groups is 1. The minimum atomic E-state index is -0.233. The van der Waals surface area contributed by atoms with Gasteiger partial charge in [-0.05, 0) is 31.5 Å². The molecule has 0 fully saturated rings. The van der Waals surface area contributed by atoms with Crippen LogP contribution in [0, 0.1) is 25.7 Å². The number of amides is 1. The molecule has 0 bridgehead atoms. The molecule has 0 saturated carbocycles. The van der Waals surface area contributed by atoms with Crippen molar-refractivity contribution in [2.75, 3.05) is 6.61 Å². The van der Waals surface area contributed by atoms with Crippen LogP contribution in [-0.4, -0.2) is 27.8 Å². The van der Waals surface area contributed by atoms with Crippen molar-refractivity contribution < 1.29 is 9.90 Å². The van der Waals surface area contributed by atoms with Gasteiger partial charge in [0.05, 0.1) is 11.8 Å². The number of carbonyl (C=O) groups excluding carboxylic acids is 1. The van der Waals surface area contributed by atoms with Gasteiger partial charge in [0, 0.05) is 23.4 Å². The number of rotatable bonds is 3. The van der Waals surface area contributed by atoms with E-state index in [0.29, 0.717) is 17.7 Å². The molecule has 1 aromatic carbocycles. The van der Waals surface area contributed by atoms with Crippen LogP contribution in [0.1, 0.15) is 32.7 Å². The zero-order valence-electron chi connectivity index (χ0n) is 12.0. The van der Waals surface area contributed by atoms with Gasteiger partial charge in [0.1, 0.15) is 6.61 Å². The van der Waals surface area contributed by atoms with Crippen molar-refractivity contribution in [2.45, 2.75) is 20.4 Å². The van der Waals surface area contributed by atoms with E-state index >= 15 is 0 Å². The first-order chi connectivity index (χ1) is 10.1. The zero-order valence-corrected chi connectivity index (χ0v) is 12.0. The van der Waals surface area contributed by atoms with Gasteiger partial charge in [0.25, 0.3) is 5.91 Å². The first-order valence-corrected chi connectivity index (χ1v) is 6.59. The molecule has 1 amide bonds. The van der Waals surface area contributed by atoms with Crippen molar-refractivity contribution in [3.05, 3.63) is 52.3 Å². The van der Waals surface area contributed by atoms with Crippen LogP contribution in [0.25, 0.3) is 0 Å². The second-order valence-corrected chi connectivity index (χ2v) is 4.71. The Hall–Kier alpha value is -2.58. The smallest absolute Gasteiger partial charge is 0.252 e. The summed E-state index contributed by atoms with van der Waals surface area (Å²) in [6.45, 7) is 4.00. The molecular formula is C16H17N3O2. The molecule has 0 atom stereocenters. The molecule has 2 rings (SSSR count). The van der Waals surface area contributed by atoms with Crippen LogP contribution in [0.5, 0.6) is 0 Å². The Bertz CT molecular complexity index is 708. The van der Waals surface area contributed by atoms with Crippen LogP contribution < -0.4 is 5.32 Å². The molecule has 0 spiro atoms. The number of hydrogen-bond donors (Lipinski definition) is 3. The Morgan fingerprint density at radius 2 is 2.24 bits per heavy atom. The molecule has 0 aliphatic carbocycles. The predicted molar refractivity (Wildman–Crippen MR) is 79.6 cm³/mol. The number of aromatic amines is 1. The average Bonchev–Trinajstić information content (AvgIpc) is 2.88. The lowest BCUT2D eigenvalue weighted by atomic mass is 10.0. The number of H-pyrrole nitrogens is 1. The van der Waals surface area contributed by atoms with E-state index in [9.17, 15) is 4.79 Å². The number of nitrogens with zero attached hydrogens (tertiary/aromatic N) is 1. The van der Waals surface area contributed by atoms with E-state index in [-0.39, 0.29) is 12.5 Å². The van der Waals surface area contributed by atoms with Crippen LogP contribution in [0.4, 0.5) is 0 Å². The van der Waals surface area contributed by atoms with Crippen molar-refractivity contribution >= 4 is 5.91 Å². The first-order valence-electron chi connectivity index (χ1n) is 6.59. The Morgan fingerprint density at radius 3 is 2.90 bits per heavy atom. The molecule has 0 unspecified atom stereocenters. The van der Waals surface area contributed by atoms with Gasteiger partial charge in [-0.3, -0.25) is 9.89 Å². The summed E-state index contributed by atoms with van der Waals surface area (Å²) in [6.07, 6.45) is 1.69. The number of aryl methyl sites for hydroxylation is 2. The van der Waals surface area contributed by atoms with Gasteiger partial charge in [-0.25, -0.2) is 0 Å². The van der Waals surface area contributed by atoms with E-state index < -0.39 is 0 Å². The molecule has 2 aromatic rings. The number of aliphatic hydroxyl groups is 1. The van der Waals surface area contributed by atoms with E-state index in [1.807, 2.05) is 26.0 Å². The molecule has 108 valence electrons. The van der Waals surface area contributed by atoms with Crippen LogP contribution in [0.15, 0.2) is 24.4 Å². The molecule has 0 saturated heterocycles. The maximum absolute atomic E-state index is 12.3. The highest BCUT2D eigenvalue weighted by atomic mass is 16.2. The number of nitrogens with one attached hydrogen (secondary N) is 2. The van der Waals surface area contributed by atoms with Crippen molar-refractivity contribution in [3.8, 4) is 11.8 Å². The summed E-state index contributed by atoms with van der Waals surface area (Å²) in [6, 6.07) is 5.44. The van der Waals surface area contributed by atoms with E-state index in [2.05, 4.69) is 27.4 Å². The average molecular weight is 283 g/mol. The van der Waals surface area contributed by atoms with Crippen LogP contribution in [0.3, 0.4) is 0 Å². The fraction of sp³-hybridized carbons (Fsp3) is 0.250. The molecule has 0 radical (unpaired) electrons. The van der Waals surface area contributed by atoms with Crippen molar-refractivity contribution in [1.29, 1.82) is 0 Å². The van der Waals surface area contributed by atoms with Crippen molar-refractivity contribution in [3.63, 3.8) is 0 Å². The third-order valence-corrected chi connectivity index (χ3v) is 3.10. The molecule has 5 nitrogen and oxygen atoms in total. The van der Waals surface area contributed by atoms with E-state index in [1.54, 1.807) is 12.3 Å². The van der Waals surface area contributed by atoms with Gasteiger partial charge < -0.3 is 10.4 Å². The third kappa shape index (κ3) is 3.71. The largest absolute Gasteiger partial charge is 0.384 e. The number of aromatic nitrogens is 2. The van der Waals surface area contributed by atoms with E-state index in [4.69, 9.17) is 5.11 Å². The summed E-state index contributed by atoms with van der Waals surface area (Å²) in [5.41, 5.74) is 4.01. The molecule has 1 aromatic heterocycles. The maximum atomic E-state index is 12.3. The number of benzene rings is 1. The Morgan fingerprint density at radius 1 is 1.43 bits per heavy atom. The Balaban J connectivity index is 2.17. The molecule has 5 heteroatoms. The van der Waals surface area contributed by atoms with Gasteiger partial charge in [0.2, 0.25) is 0 Å². The standard InChI is InChI=1S/C16H17N3O2/c1-11-5-6-15(13(8-11)4-3-7-20)16(21)17-9-14-10-18-19-12(14)2/h5-6,8,10,20H,7,9H2,1-2H3,(H,17,21)(H,18,19). The molecule has 1 heterocycles. The normalized spacial score (nSPS) is 9.86. The number of aliphatic hydroxyl groups excluding tert-OH is 1. The Labute approximate surface area is 123 Å². The van der Waals surface area contributed by atoms with Gasteiger partial charge >= 0.3 is 0 Å². The highest BCUT2D eigenvalue weighted by molar-refractivity contribution is 5.96. The fourth-order valence-electron chi connectivity index (χ4n) is 1.92. The minimum Gasteiger partial charge on any atom is -0.384 e. The van der Waals surface area contributed by atoms with Gasteiger partial charge in [-0.2, -0.15) is 5.10 Å². The molecule has 3 N–H and O–H groups in total. The summed E-state index contributed by atoms with van der Waals surface area (Å²) in [7, 11) is 0. The molecule has 21 heavy (non-hydrogen) atoms. The number of hydrogen-bond acceptors (Lipinski definition) is 3. The predicted octanol–water partition coefficient (Wildman–Crippen LogP) is 1.30. The van der Waals surface area contributed by atoms with E-state index in [0.717, 1.165) is 16.8 Å². The summed E-state index contributed by atoms with van der Waals surface area (Å²) >= 11 is 0. The Kier molecular flexibility index (Phi) is 4.75. The molecule has 0 aliphatic heterocycles. The summed E-state index contributed by atoms with van der Waals surface area (Å²) in [5, 5.41) is 18.4. The molecular weight excluding hydrogens is 266 g/mol. The van der Waals surface area contributed by atoms with Crippen LogP contribution in [-0.2, 0) is 6.54 Å². The second kappa shape index (κ2) is 6.73. The van der Waals surface area contributed by atoms with Gasteiger partial charge in [-0.15, -0.1) is 0 Å². The molecule has 0 aliphatic rings. The SMILES string of the molecule is Cc1ccc(C(=O)NCc2cn[nH]c2C)c(C#CCO)c1. The fourth-order valence-corrected chi connectivity index (χ4v) is 1.92. The third-order valence-electron chi connectivity index (χ3n) is 3.10. The highest BCUT2D eigenvalue weighted by Crippen LogP contribution is 2.11. The van der Waals surface area contributed by atoms with Crippen molar-refractivity contribution in [2.24, 2.45) is 0 Å². The highest BCUT2D eigenvalue weighted by Gasteiger charge is 2.11.